The number of rotatable bonds is 6. The Kier molecular flexibility index (Phi) is 5.67. The maximum atomic E-state index is 12.1. The Labute approximate surface area is 119 Å². The molecular formula is C13H21N3O3S. The van der Waals surface area contributed by atoms with Gasteiger partial charge in [0.25, 0.3) is 0 Å². The lowest BCUT2D eigenvalue weighted by Crippen LogP contribution is -2.29. The van der Waals surface area contributed by atoms with Crippen molar-refractivity contribution in [3.05, 3.63) is 23.8 Å². The second-order valence-corrected chi connectivity index (χ2v) is 6.29. The van der Waals surface area contributed by atoms with Crippen molar-refractivity contribution >= 4 is 21.6 Å². The molecule has 6 nitrogen and oxygen atoms in total. The topological polar surface area (TPSA) is 115 Å². The van der Waals surface area contributed by atoms with Crippen LogP contribution in [0.1, 0.15) is 25.3 Å². The van der Waals surface area contributed by atoms with E-state index >= 15 is 0 Å². The first-order valence-corrected chi connectivity index (χ1v) is 7.98. The van der Waals surface area contributed by atoms with E-state index in [2.05, 4.69) is 5.32 Å². The molecule has 1 aromatic carbocycles. The zero-order chi connectivity index (χ0) is 15.3. The minimum atomic E-state index is -3.79. The Hall–Kier alpha value is -1.44. The summed E-state index contributed by atoms with van der Waals surface area (Å²) in [7, 11) is -3.79. The van der Waals surface area contributed by atoms with Crippen LogP contribution in [0, 0.1) is 12.8 Å². The maximum absolute atomic E-state index is 12.1. The average Bonchev–Trinajstić information content (AvgIpc) is 2.37. The standard InChI is InChI=1S/C13H21N3O3S/c1-3-4-10(8-14)13(17)16-12-7-11(20(15,18)19)6-5-9(12)2/h5-7,10H,3-4,8,14H2,1-2H3,(H,16,17)(H2,15,18,19). The molecule has 0 heterocycles. The van der Waals surface area contributed by atoms with Crippen LogP contribution in [0.15, 0.2) is 23.1 Å². The molecule has 5 N–H and O–H groups in total. The molecule has 0 saturated heterocycles. The molecule has 0 spiro atoms. The SMILES string of the molecule is CCCC(CN)C(=O)Nc1cc(S(N)(=O)=O)ccc1C. The van der Waals surface area contributed by atoms with Gasteiger partial charge < -0.3 is 11.1 Å². The highest BCUT2D eigenvalue weighted by Gasteiger charge is 2.17. The van der Waals surface area contributed by atoms with Gasteiger partial charge in [-0.25, -0.2) is 13.6 Å². The van der Waals surface area contributed by atoms with Crippen LogP contribution in [0.3, 0.4) is 0 Å². The summed E-state index contributed by atoms with van der Waals surface area (Å²) in [6.07, 6.45) is 1.54. The first-order valence-electron chi connectivity index (χ1n) is 6.44. The molecule has 0 fully saturated rings. The van der Waals surface area contributed by atoms with Crippen LogP contribution in [-0.2, 0) is 14.8 Å². The molecule has 0 bridgehead atoms. The van der Waals surface area contributed by atoms with Gasteiger partial charge in [0.1, 0.15) is 0 Å². The molecule has 1 aromatic rings. The Morgan fingerprint density at radius 1 is 1.40 bits per heavy atom. The van der Waals surface area contributed by atoms with Crippen molar-refractivity contribution in [3.63, 3.8) is 0 Å². The summed E-state index contributed by atoms with van der Waals surface area (Å²) in [4.78, 5) is 12.0. The van der Waals surface area contributed by atoms with Gasteiger partial charge >= 0.3 is 0 Å². The molecule has 0 aliphatic carbocycles. The molecule has 0 aromatic heterocycles. The fraction of sp³-hybridized carbons (Fsp3) is 0.462. The fourth-order valence-corrected chi connectivity index (χ4v) is 2.39. The van der Waals surface area contributed by atoms with Crippen molar-refractivity contribution < 1.29 is 13.2 Å². The highest BCUT2D eigenvalue weighted by molar-refractivity contribution is 7.89. The van der Waals surface area contributed by atoms with E-state index in [-0.39, 0.29) is 23.3 Å². The molecule has 0 aliphatic heterocycles. The van der Waals surface area contributed by atoms with Crippen LogP contribution in [0.5, 0.6) is 0 Å². The number of aryl methyl sites for hydroxylation is 1. The summed E-state index contributed by atoms with van der Waals surface area (Å²) in [6, 6.07) is 4.38. The fourth-order valence-electron chi connectivity index (χ4n) is 1.85. The molecule has 1 amide bonds. The predicted octanol–water partition coefficient (Wildman–Crippen LogP) is 0.956. The van der Waals surface area contributed by atoms with Crippen molar-refractivity contribution in [3.8, 4) is 0 Å². The number of benzene rings is 1. The van der Waals surface area contributed by atoms with Gasteiger partial charge in [0.2, 0.25) is 15.9 Å². The van der Waals surface area contributed by atoms with Gasteiger partial charge in [-0.15, -0.1) is 0 Å². The van der Waals surface area contributed by atoms with E-state index in [4.69, 9.17) is 10.9 Å². The Morgan fingerprint density at radius 2 is 2.05 bits per heavy atom. The largest absolute Gasteiger partial charge is 0.330 e. The Morgan fingerprint density at radius 3 is 2.55 bits per heavy atom. The number of hydrogen-bond acceptors (Lipinski definition) is 4. The summed E-state index contributed by atoms with van der Waals surface area (Å²) in [5.74, 6) is -0.485. The zero-order valence-electron chi connectivity index (χ0n) is 11.7. The monoisotopic (exact) mass is 299 g/mol. The maximum Gasteiger partial charge on any atom is 0.238 e. The number of nitrogens with two attached hydrogens (primary N) is 2. The summed E-state index contributed by atoms with van der Waals surface area (Å²) < 4.78 is 22.6. The third kappa shape index (κ3) is 4.29. The predicted molar refractivity (Wildman–Crippen MR) is 78.6 cm³/mol. The van der Waals surface area contributed by atoms with E-state index in [9.17, 15) is 13.2 Å². The molecule has 0 radical (unpaired) electrons. The summed E-state index contributed by atoms with van der Waals surface area (Å²) >= 11 is 0. The lowest BCUT2D eigenvalue weighted by atomic mass is 10.0. The number of hydrogen-bond donors (Lipinski definition) is 3. The number of sulfonamides is 1. The van der Waals surface area contributed by atoms with Gasteiger partial charge in [-0.2, -0.15) is 0 Å². The number of primary sulfonamides is 1. The van der Waals surface area contributed by atoms with Crippen molar-refractivity contribution in [1.29, 1.82) is 0 Å². The van der Waals surface area contributed by atoms with Crippen LogP contribution in [-0.4, -0.2) is 20.9 Å². The van der Waals surface area contributed by atoms with Crippen LogP contribution < -0.4 is 16.2 Å². The molecule has 1 rings (SSSR count). The lowest BCUT2D eigenvalue weighted by molar-refractivity contribution is -0.119. The highest BCUT2D eigenvalue weighted by Crippen LogP contribution is 2.20. The molecule has 20 heavy (non-hydrogen) atoms. The first-order chi connectivity index (χ1) is 9.29. The van der Waals surface area contributed by atoms with Gasteiger partial charge in [0.05, 0.1) is 10.8 Å². The molecule has 1 unspecified atom stereocenters. The molecular weight excluding hydrogens is 278 g/mol. The van der Waals surface area contributed by atoms with E-state index in [1.807, 2.05) is 6.92 Å². The van der Waals surface area contributed by atoms with Crippen LogP contribution in [0.2, 0.25) is 0 Å². The summed E-state index contributed by atoms with van der Waals surface area (Å²) in [5.41, 5.74) is 6.78. The van der Waals surface area contributed by atoms with Gasteiger partial charge in [0.15, 0.2) is 0 Å². The van der Waals surface area contributed by atoms with Crippen LogP contribution >= 0.6 is 0 Å². The minimum Gasteiger partial charge on any atom is -0.330 e. The Bertz CT molecular complexity index is 585. The van der Waals surface area contributed by atoms with E-state index < -0.39 is 10.0 Å². The summed E-state index contributed by atoms with van der Waals surface area (Å²) in [6.45, 7) is 4.01. The number of carbonyl (C=O) groups excluding carboxylic acids is 1. The highest BCUT2D eigenvalue weighted by atomic mass is 32.2. The van der Waals surface area contributed by atoms with Crippen LogP contribution in [0.25, 0.3) is 0 Å². The van der Waals surface area contributed by atoms with Gasteiger partial charge in [-0.1, -0.05) is 19.4 Å². The van der Waals surface area contributed by atoms with E-state index in [1.54, 1.807) is 13.0 Å². The normalized spacial score (nSPS) is 13.0. The second-order valence-electron chi connectivity index (χ2n) is 4.73. The third-order valence-corrected chi connectivity index (χ3v) is 4.00. The van der Waals surface area contributed by atoms with Gasteiger partial charge in [0, 0.05) is 12.2 Å². The number of amides is 1. The van der Waals surface area contributed by atoms with Crippen molar-refractivity contribution in [2.24, 2.45) is 16.8 Å². The third-order valence-electron chi connectivity index (χ3n) is 3.09. The number of anilines is 1. The van der Waals surface area contributed by atoms with Crippen molar-refractivity contribution in [2.45, 2.75) is 31.6 Å². The number of nitrogens with one attached hydrogen (secondary N) is 1. The lowest BCUT2D eigenvalue weighted by Gasteiger charge is -2.15. The van der Waals surface area contributed by atoms with Crippen LogP contribution in [0.4, 0.5) is 5.69 Å². The molecule has 7 heteroatoms. The second kappa shape index (κ2) is 6.83. The van der Waals surface area contributed by atoms with Gasteiger partial charge in [-0.05, 0) is 31.0 Å². The summed E-state index contributed by atoms with van der Waals surface area (Å²) in [5, 5.41) is 7.80. The molecule has 1 atom stereocenters. The average molecular weight is 299 g/mol. The molecule has 0 saturated carbocycles. The smallest absolute Gasteiger partial charge is 0.238 e. The van der Waals surface area contributed by atoms with Crippen molar-refractivity contribution in [2.75, 3.05) is 11.9 Å². The van der Waals surface area contributed by atoms with Gasteiger partial charge in [-0.3, -0.25) is 4.79 Å². The Balaban J connectivity index is 3.00. The van der Waals surface area contributed by atoms with E-state index in [0.29, 0.717) is 12.1 Å². The quantitative estimate of drug-likeness (QED) is 0.725. The zero-order valence-corrected chi connectivity index (χ0v) is 12.5. The first kappa shape index (κ1) is 16.6. The molecule has 112 valence electrons. The molecule has 0 aliphatic rings. The minimum absolute atomic E-state index is 0.0295. The van der Waals surface area contributed by atoms with E-state index in [0.717, 1.165) is 12.0 Å². The van der Waals surface area contributed by atoms with Crippen molar-refractivity contribution in [1.82, 2.24) is 0 Å². The number of carbonyl (C=O) groups is 1. The van der Waals surface area contributed by atoms with E-state index in [1.165, 1.54) is 12.1 Å².